The lowest BCUT2D eigenvalue weighted by Crippen LogP contribution is -2.32. The Bertz CT molecular complexity index is 1030. The Morgan fingerprint density at radius 3 is 2.69 bits per heavy atom. The number of benzene rings is 2. The SMILES string of the molecule is Cc1cc(COc2ccc(C3(C)C=CN(CC(C)O)C3)cc2)c2ccccc2n1. The second-order valence-corrected chi connectivity index (χ2v) is 8.26. The van der Waals surface area contributed by atoms with Gasteiger partial charge in [-0.1, -0.05) is 43.3 Å². The van der Waals surface area contributed by atoms with Crippen molar-refractivity contribution < 1.29 is 9.84 Å². The van der Waals surface area contributed by atoms with Crippen LogP contribution in [0, 0.1) is 6.92 Å². The maximum Gasteiger partial charge on any atom is 0.119 e. The Balaban J connectivity index is 1.45. The smallest absolute Gasteiger partial charge is 0.119 e. The molecule has 2 unspecified atom stereocenters. The lowest BCUT2D eigenvalue weighted by Gasteiger charge is -2.27. The fourth-order valence-corrected chi connectivity index (χ4v) is 4.06. The van der Waals surface area contributed by atoms with Crippen molar-refractivity contribution in [2.24, 2.45) is 0 Å². The van der Waals surface area contributed by atoms with E-state index in [1.165, 1.54) is 5.56 Å². The van der Waals surface area contributed by atoms with Crippen LogP contribution in [-0.4, -0.2) is 34.2 Å². The summed E-state index contributed by atoms with van der Waals surface area (Å²) in [5.74, 6) is 0.860. The number of ether oxygens (including phenoxy) is 1. The normalized spacial score (nSPS) is 19.7. The molecule has 0 spiro atoms. The van der Waals surface area contributed by atoms with Gasteiger partial charge in [0.25, 0.3) is 0 Å². The van der Waals surface area contributed by atoms with E-state index in [-0.39, 0.29) is 11.5 Å². The summed E-state index contributed by atoms with van der Waals surface area (Å²) in [6.45, 7) is 8.12. The summed E-state index contributed by atoms with van der Waals surface area (Å²) in [6.07, 6.45) is 3.98. The molecule has 29 heavy (non-hydrogen) atoms. The van der Waals surface area contributed by atoms with Crippen LogP contribution in [0.5, 0.6) is 5.75 Å². The third-order valence-corrected chi connectivity index (χ3v) is 5.52. The second-order valence-electron chi connectivity index (χ2n) is 8.26. The van der Waals surface area contributed by atoms with Crippen LogP contribution in [-0.2, 0) is 12.0 Å². The molecule has 4 heteroatoms. The molecule has 1 aliphatic rings. The molecular weight excluding hydrogens is 360 g/mol. The molecule has 2 heterocycles. The fraction of sp³-hybridized carbons (Fsp3) is 0.320. The molecule has 0 saturated carbocycles. The summed E-state index contributed by atoms with van der Waals surface area (Å²) in [5, 5.41) is 10.8. The van der Waals surface area contributed by atoms with Crippen molar-refractivity contribution in [1.82, 2.24) is 9.88 Å². The molecule has 1 aromatic heterocycles. The molecule has 4 nitrogen and oxygen atoms in total. The summed E-state index contributed by atoms with van der Waals surface area (Å²) >= 11 is 0. The highest BCUT2D eigenvalue weighted by atomic mass is 16.5. The molecule has 0 fully saturated rings. The van der Waals surface area contributed by atoms with Crippen molar-refractivity contribution in [2.45, 2.75) is 38.9 Å². The third-order valence-electron chi connectivity index (χ3n) is 5.52. The summed E-state index contributed by atoms with van der Waals surface area (Å²) in [6, 6.07) is 18.6. The predicted octanol–water partition coefficient (Wildman–Crippen LogP) is 4.59. The Labute approximate surface area is 172 Å². The topological polar surface area (TPSA) is 45.6 Å². The highest BCUT2D eigenvalue weighted by Crippen LogP contribution is 2.32. The molecule has 2 atom stereocenters. The number of aromatic nitrogens is 1. The van der Waals surface area contributed by atoms with Crippen molar-refractivity contribution in [3.63, 3.8) is 0 Å². The summed E-state index contributed by atoms with van der Waals surface area (Å²) < 4.78 is 6.09. The van der Waals surface area contributed by atoms with Crippen molar-refractivity contribution >= 4 is 10.9 Å². The van der Waals surface area contributed by atoms with Gasteiger partial charge in [0.15, 0.2) is 0 Å². The van der Waals surface area contributed by atoms with Gasteiger partial charge in [0.1, 0.15) is 12.4 Å². The summed E-state index contributed by atoms with van der Waals surface area (Å²) in [4.78, 5) is 6.77. The molecule has 0 bridgehead atoms. The van der Waals surface area contributed by atoms with Gasteiger partial charge in [-0.3, -0.25) is 4.98 Å². The summed E-state index contributed by atoms with van der Waals surface area (Å²) in [5.41, 5.74) is 4.35. The first-order chi connectivity index (χ1) is 13.9. The van der Waals surface area contributed by atoms with Crippen molar-refractivity contribution in [2.75, 3.05) is 13.1 Å². The van der Waals surface area contributed by atoms with Crippen LogP contribution >= 0.6 is 0 Å². The number of para-hydroxylation sites is 1. The van der Waals surface area contributed by atoms with E-state index >= 15 is 0 Å². The quantitative estimate of drug-likeness (QED) is 0.671. The van der Waals surface area contributed by atoms with Gasteiger partial charge in [-0.25, -0.2) is 0 Å². The lowest BCUT2D eigenvalue weighted by atomic mass is 9.84. The maximum absolute atomic E-state index is 9.63. The predicted molar refractivity (Wildman–Crippen MR) is 117 cm³/mol. The van der Waals surface area contributed by atoms with Crippen LogP contribution in [0.25, 0.3) is 10.9 Å². The van der Waals surface area contributed by atoms with Crippen LogP contribution in [0.15, 0.2) is 66.9 Å². The monoisotopic (exact) mass is 388 g/mol. The number of fused-ring (bicyclic) bond motifs is 1. The number of pyridine rings is 1. The average Bonchev–Trinajstić information content (AvgIpc) is 3.07. The van der Waals surface area contributed by atoms with Gasteiger partial charge in [-0.05, 0) is 49.9 Å². The molecule has 4 rings (SSSR count). The standard InChI is InChI=1S/C25H28N2O2/c1-18-14-20(23-6-4-5-7-24(23)26-18)16-29-22-10-8-21(9-11-22)25(3)12-13-27(17-25)15-19(2)28/h4-14,19,28H,15-17H2,1-3H3. The van der Waals surface area contributed by atoms with Crippen molar-refractivity contribution in [3.8, 4) is 5.75 Å². The zero-order valence-electron chi connectivity index (χ0n) is 17.3. The zero-order valence-corrected chi connectivity index (χ0v) is 17.3. The second kappa shape index (κ2) is 7.88. The molecule has 3 aromatic rings. The highest BCUT2D eigenvalue weighted by molar-refractivity contribution is 5.82. The van der Waals surface area contributed by atoms with Gasteiger partial charge >= 0.3 is 0 Å². The average molecular weight is 389 g/mol. The van der Waals surface area contributed by atoms with E-state index in [1.807, 2.05) is 44.2 Å². The van der Waals surface area contributed by atoms with Crippen LogP contribution in [0.1, 0.15) is 30.7 Å². The van der Waals surface area contributed by atoms with Gasteiger partial charge in [0, 0.05) is 35.1 Å². The zero-order chi connectivity index (χ0) is 20.4. The van der Waals surface area contributed by atoms with Gasteiger partial charge in [-0.15, -0.1) is 0 Å². The van der Waals surface area contributed by atoms with Gasteiger partial charge in [-0.2, -0.15) is 0 Å². The first-order valence-electron chi connectivity index (χ1n) is 10.1. The number of rotatable bonds is 6. The largest absolute Gasteiger partial charge is 0.489 e. The van der Waals surface area contributed by atoms with Crippen molar-refractivity contribution in [1.29, 1.82) is 0 Å². The molecule has 0 radical (unpaired) electrons. The molecule has 1 aliphatic heterocycles. The van der Waals surface area contributed by atoms with Gasteiger partial charge in [0.2, 0.25) is 0 Å². The third kappa shape index (κ3) is 4.28. The van der Waals surface area contributed by atoms with E-state index in [0.717, 1.165) is 34.5 Å². The van der Waals surface area contributed by atoms with Crippen LogP contribution < -0.4 is 4.74 Å². The number of nitrogens with zero attached hydrogens (tertiary/aromatic N) is 2. The van der Waals surface area contributed by atoms with Crippen LogP contribution in [0.3, 0.4) is 0 Å². The number of hydrogen-bond acceptors (Lipinski definition) is 4. The number of aliphatic hydroxyl groups excluding tert-OH is 1. The Kier molecular flexibility index (Phi) is 5.29. The molecule has 2 aromatic carbocycles. The number of aliphatic hydroxyl groups is 1. The van der Waals surface area contributed by atoms with Gasteiger partial charge in [0.05, 0.1) is 11.6 Å². The molecule has 0 amide bonds. The minimum absolute atomic E-state index is 0.0498. The molecule has 0 saturated heterocycles. The van der Waals surface area contributed by atoms with E-state index in [0.29, 0.717) is 13.2 Å². The maximum atomic E-state index is 9.63. The Morgan fingerprint density at radius 1 is 1.17 bits per heavy atom. The highest BCUT2D eigenvalue weighted by Gasteiger charge is 2.30. The molecule has 0 aliphatic carbocycles. The minimum Gasteiger partial charge on any atom is -0.489 e. The Morgan fingerprint density at radius 2 is 1.93 bits per heavy atom. The van der Waals surface area contributed by atoms with E-state index in [4.69, 9.17) is 4.74 Å². The van der Waals surface area contributed by atoms with Crippen LogP contribution in [0.4, 0.5) is 0 Å². The van der Waals surface area contributed by atoms with E-state index in [1.54, 1.807) is 0 Å². The van der Waals surface area contributed by atoms with E-state index in [9.17, 15) is 5.11 Å². The summed E-state index contributed by atoms with van der Waals surface area (Å²) in [7, 11) is 0. The minimum atomic E-state index is -0.328. The lowest BCUT2D eigenvalue weighted by molar-refractivity contribution is 0.150. The van der Waals surface area contributed by atoms with Crippen LogP contribution in [0.2, 0.25) is 0 Å². The number of hydrogen-bond donors (Lipinski definition) is 1. The first kappa shape index (κ1) is 19.5. The van der Waals surface area contributed by atoms with E-state index in [2.05, 4.69) is 53.3 Å². The van der Waals surface area contributed by atoms with Crippen molar-refractivity contribution in [3.05, 3.63) is 83.7 Å². The fourth-order valence-electron chi connectivity index (χ4n) is 4.06. The first-order valence-corrected chi connectivity index (χ1v) is 10.1. The Hall–Kier alpha value is -2.85. The number of β-amino-alcohol motifs (C(OH)–C–C–N with tert-alkyl or cyclic N) is 1. The van der Waals surface area contributed by atoms with Gasteiger partial charge < -0.3 is 14.7 Å². The number of aryl methyl sites for hydroxylation is 1. The van der Waals surface area contributed by atoms with E-state index < -0.39 is 0 Å². The molecular formula is C25H28N2O2. The molecule has 150 valence electrons. The molecule has 1 N–H and O–H groups in total.